The summed E-state index contributed by atoms with van der Waals surface area (Å²) in [5.41, 5.74) is 1.22. The largest absolute Gasteiger partial charge is 0.416 e. The first-order valence-electron chi connectivity index (χ1n) is 11.9. The molecule has 0 radical (unpaired) electrons. The Labute approximate surface area is 218 Å². The predicted molar refractivity (Wildman–Crippen MR) is 133 cm³/mol. The van der Waals surface area contributed by atoms with Crippen LogP contribution < -0.4 is 4.90 Å². The molecular formula is C25H28Cl2F3N5O. The van der Waals surface area contributed by atoms with Crippen molar-refractivity contribution in [3.63, 3.8) is 0 Å². The maximum absolute atomic E-state index is 13.6. The quantitative estimate of drug-likeness (QED) is 0.297. The molecule has 6 nitrogen and oxygen atoms in total. The Balaban J connectivity index is 1.60. The molecule has 2 aromatic carbocycles. The summed E-state index contributed by atoms with van der Waals surface area (Å²) in [5.74, 6) is 0.782. The fourth-order valence-corrected chi connectivity index (χ4v) is 5.08. The number of rotatable bonds is 9. The van der Waals surface area contributed by atoms with E-state index in [1.165, 1.54) is 36.2 Å². The lowest BCUT2D eigenvalue weighted by molar-refractivity contribution is -0.137. The lowest BCUT2D eigenvalue weighted by Crippen LogP contribution is -2.25. The monoisotopic (exact) mass is 541 g/mol. The van der Waals surface area contributed by atoms with Crippen molar-refractivity contribution in [1.29, 1.82) is 0 Å². The molecular weight excluding hydrogens is 514 g/mol. The second-order valence-electron chi connectivity index (χ2n) is 9.21. The van der Waals surface area contributed by atoms with E-state index in [0.717, 1.165) is 24.5 Å². The molecule has 1 aromatic heterocycles. The smallest absolute Gasteiger partial charge is 0.376 e. The Bertz CT molecular complexity index is 1140. The highest BCUT2D eigenvalue weighted by molar-refractivity contribution is 6.34. The fraction of sp³-hybridized carbons (Fsp3) is 0.480. The van der Waals surface area contributed by atoms with Gasteiger partial charge in [-0.15, -0.1) is 5.10 Å². The highest BCUT2D eigenvalue weighted by Gasteiger charge is 2.31. The number of alkyl halides is 3. The van der Waals surface area contributed by atoms with Crippen LogP contribution in [0.4, 0.5) is 19.1 Å². The third-order valence-corrected chi connectivity index (χ3v) is 6.74. The first kappa shape index (κ1) is 26.7. The minimum absolute atomic E-state index is 0.113. The maximum Gasteiger partial charge on any atom is 0.416 e. The molecule has 1 fully saturated rings. The average molecular weight is 542 g/mol. The second-order valence-corrected chi connectivity index (χ2v) is 10.1. The Morgan fingerprint density at radius 2 is 1.72 bits per heavy atom. The van der Waals surface area contributed by atoms with Crippen LogP contribution in [0.5, 0.6) is 0 Å². The van der Waals surface area contributed by atoms with Gasteiger partial charge >= 0.3 is 6.18 Å². The van der Waals surface area contributed by atoms with E-state index in [0.29, 0.717) is 33.7 Å². The van der Waals surface area contributed by atoms with E-state index in [1.807, 2.05) is 0 Å². The van der Waals surface area contributed by atoms with Crippen LogP contribution in [-0.2, 0) is 37.7 Å². The molecule has 1 saturated carbocycles. The van der Waals surface area contributed by atoms with E-state index in [4.69, 9.17) is 27.9 Å². The second kappa shape index (κ2) is 11.8. The van der Waals surface area contributed by atoms with Crippen molar-refractivity contribution in [1.82, 2.24) is 20.2 Å². The van der Waals surface area contributed by atoms with E-state index in [2.05, 4.69) is 15.4 Å². The zero-order chi connectivity index (χ0) is 25.7. The van der Waals surface area contributed by atoms with Crippen molar-refractivity contribution in [2.45, 2.75) is 58.0 Å². The number of benzene rings is 2. The molecule has 0 atom stereocenters. The van der Waals surface area contributed by atoms with Crippen LogP contribution in [0.3, 0.4) is 0 Å². The Morgan fingerprint density at radius 3 is 2.36 bits per heavy atom. The van der Waals surface area contributed by atoms with Crippen LogP contribution in [0, 0.1) is 5.92 Å². The van der Waals surface area contributed by atoms with Gasteiger partial charge in [0, 0.05) is 29.7 Å². The molecule has 0 amide bonds. The summed E-state index contributed by atoms with van der Waals surface area (Å²) in [6, 6.07) is 8.88. The maximum atomic E-state index is 13.6. The van der Waals surface area contributed by atoms with Crippen molar-refractivity contribution in [3.8, 4) is 0 Å². The van der Waals surface area contributed by atoms with Crippen LogP contribution in [0.15, 0.2) is 36.4 Å². The van der Waals surface area contributed by atoms with Crippen LogP contribution in [0.2, 0.25) is 10.0 Å². The van der Waals surface area contributed by atoms with Crippen molar-refractivity contribution < 1.29 is 17.9 Å². The van der Waals surface area contributed by atoms with Gasteiger partial charge < -0.3 is 9.64 Å². The molecule has 36 heavy (non-hydrogen) atoms. The lowest BCUT2D eigenvalue weighted by Gasteiger charge is -2.24. The van der Waals surface area contributed by atoms with Gasteiger partial charge in [-0.25, -0.2) is 0 Å². The highest BCUT2D eigenvalue weighted by Crippen LogP contribution is 2.32. The van der Waals surface area contributed by atoms with Gasteiger partial charge in [0.15, 0.2) is 0 Å². The Kier molecular flexibility index (Phi) is 8.74. The summed E-state index contributed by atoms with van der Waals surface area (Å²) < 4.78 is 46.7. The lowest BCUT2D eigenvalue weighted by atomic mass is 9.90. The van der Waals surface area contributed by atoms with E-state index in [-0.39, 0.29) is 25.6 Å². The zero-order valence-electron chi connectivity index (χ0n) is 19.9. The summed E-state index contributed by atoms with van der Waals surface area (Å²) in [5, 5.41) is 13.2. The first-order chi connectivity index (χ1) is 17.2. The summed E-state index contributed by atoms with van der Waals surface area (Å²) in [7, 11) is 1.62. The molecule has 194 valence electrons. The van der Waals surface area contributed by atoms with Gasteiger partial charge in [0.1, 0.15) is 0 Å². The predicted octanol–water partition coefficient (Wildman–Crippen LogP) is 6.84. The van der Waals surface area contributed by atoms with Gasteiger partial charge in [-0.1, -0.05) is 53.6 Å². The van der Waals surface area contributed by atoms with Crippen LogP contribution in [-0.4, -0.2) is 26.8 Å². The molecule has 0 N–H and O–H groups in total. The van der Waals surface area contributed by atoms with Gasteiger partial charge in [-0.3, -0.25) is 0 Å². The summed E-state index contributed by atoms with van der Waals surface area (Å²) in [4.78, 5) is 3.04. The molecule has 0 saturated heterocycles. The van der Waals surface area contributed by atoms with Crippen LogP contribution >= 0.6 is 23.2 Å². The van der Waals surface area contributed by atoms with E-state index >= 15 is 0 Å². The summed E-state index contributed by atoms with van der Waals surface area (Å²) in [6.45, 7) is 1.22. The van der Waals surface area contributed by atoms with Gasteiger partial charge in [0.2, 0.25) is 0 Å². The average Bonchev–Trinajstić information content (AvgIpc) is 3.25. The first-order valence-corrected chi connectivity index (χ1v) is 12.6. The number of aryl methyl sites for hydroxylation is 1. The zero-order valence-corrected chi connectivity index (χ0v) is 21.5. The number of anilines is 1. The fourth-order valence-electron chi connectivity index (χ4n) is 4.51. The molecule has 0 unspecified atom stereocenters. The Hall–Kier alpha value is -2.36. The van der Waals surface area contributed by atoms with Gasteiger partial charge in [-0.05, 0) is 71.0 Å². The Morgan fingerprint density at radius 1 is 1.00 bits per heavy atom. The molecule has 0 spiro atoms. The van der Waals surface area contributed by atoms with Crippen molar-refractivity contribution in [3.05, 3.63) is 68.7 Å². The van der Waals surface area contributed by atoms with E-state index < -0.39 is 11.7 Å². The number of halogens is 5. The molecule has 0 bridgehead atoms. The number of nitrogens with zero attached hydrogens (tertiary/aromatic N) is 5. The summed E-state index contributed by atoms with van der Waals surface area (Å²) in [6.07, 6.45) is 1.46. The topological polar surface area (TPSA) is 56.1 Å². The minimum Gasteiger partial charge on any atom is -0.376 e. The van der Waals surface area contributed by atoms with Crippen LogP contribution in [0.25, 0.3) is 0 Å². The number of aromatic nitrogens is 4. The van der Waals surface area contributed by atoms with Crippen molar-refractivity contribution in [2.24, 2.45) is 13.0 Å². The molecule has 1 aliphatic rings. The number of hydrogen-bond donors (Lipinski definition) is 0. The van der Waals surface area contributed by atoms with Crippen LogP contribution in [0.1, 0.15) is 54.4 Å². The van der Waals surface area contributed by atoms with Crippen molar-refractivity contribution >= 4 is 29.2 Å². The molecule has 4 rings (SSSR count). The standard InChI is InChI=1S/C25H28Cl2F3N5O/c1-34-32-24(31-33-34)35(13-18-9-22(26)12-23(27)10-18)14-20-11-21(25(28,29)30)8-7-19(20)16-36-15-17-5-3-2-4-6-17/h7-12,17H,2-6,13-16H2,1H3. The minimum atomic E-state index is -4.47. The highest BCUT2D eigenvalue weighted by atomic mass is 35.5. The van der Waals surface area contributed by atoms with Gasteiger partial charge in [-0.2, -0.15) is 18.0 Å². The molecule has 0 aliphatic heterocycles. The van der Waals surface area contributed by atoms with Gasteiger partial charge in [0.05, 0.1) is 19.2 Å². The number of ether oxygens (including phenoxy) is 1. The molecule has 3 aromatic rings. The molecule has 1 aliphatic carbocycles. The number of hydrogen-bond acceptors (Lipinski definition) is 5. The third kappa shape index (κ3) is 7.33. The van der Waals surface area contributed by atoms with Gasteiger partial charge in [0.25, 0.3) is 5.95 Å². The number of tetrazole rings is 1. The van der Waals surface area contributed by atoms with E-state index in [1.54, 1.807) is 30.1 Å². The molecule has 1 heterocycles. The van der Waals surface area contributed by atoms with Crippen molar-refractivity contribution in [2.75, 3.05) is 11.5 Å². The normalized spacial score (nSPS) is 14.8. The SMILES string of the molecule is Cn1nnc(N(Cc2cc(Cl)cc(Cl)c2)Cc2cc(C(F)(F)F)ccc2COCC2CCCCC2)n1. The molecule has 11 heteroatoms. The third-order valence-electron chi connectivity index (χ3n) is 6.31. The summed E-state index contributed by atoms with van der Waals surface area (Å²) >= 11 is 12.3. The van der Waals surface area contributed by atoms with E-state index in [9.17, 15) is 13.2 Å².